The molecule has 0 aliphatic carbocycles. The van der Waals surface area contributed by atoms with E-state index in [2.05, 4.69) is 33.2 Å². The van der Waals surface area contributed by atoms with Gasteiger partial charge >= 0.3 is 0 Å². The molecular formula is C21H11IrN4-. The van der Waals surface area contributed by atoms with Gasteiger partial charge < -0.3 is 4.40 Å². The minimum Gasteiger partial charge on any atom is -0.323 e. The summed E-state index contributed by atoms with van der Waals surface area (Å²) in [5.41, 5.74) is 4.56. The molecule has 0 saturated heterocycles. The molecule has 5 heteroatoms. The summed E-state index contributed by atoms with van der Waals surface area (Å²) in [6.45, 7) is 7.28. The summed E-state index contributed by atoms with van der Waals surface area (Å²) in [7, 11) is 0. The van der Waals surface area contributed by atoms with E-state index in [0.29, 0.717) is 5.69 Å². The average molecular weight is 512 g/mol. The van der Waals surface area contributed by atoms with Crippen LogP contribution in [-0.4, -0.2) is 14.6 Å². The minimum atomic E-state index is 0. The normalized spacial score (nSPS) is 10.7. The summed E-state index contributed by atoms with van der Waals surface area (Å²) >= 11 is 0. The van der Waals surface area contributed by atoms with Crippen molar-refractivity contribution in [2.75, 3.05) is 0 Å². The Bertz CT molecular complexity index is 1310. The number of pyridine rings is 1. The maximum absolute atomic E-state index is 7.28. The maximum Gasteiger partial charge on any atom is 0.187 e. The van der Waals surface area contributed by atoms with Crippen LogP contribution >= 0.6 is 0 Å². The van der Waals surface area contributed by atoms with E-state index < -0.39 is 0 Å². The van der Waals surface area contributed by atoms with E-state index >= 15 is 0 Å². The zero-order valence-electron chi connectivity index (χ0n) is 13.5. The first kappa shape index (κ1) is 16.4. The molecule has 125 valence electrons. The molecule has 0 bridgehead atoms. The van der Waals surface area contributed by atoms with Crippen LogP contribution in [0.4, 0.5) is 5.69 Å². The van der Waals surface area contributed by atoms with E-state index in [4.69, 9.17) is 6.57 Å². The molecule has 2 heterocycles. The van der Waals surface area contributed by atoms with E-state index in [0.717, 1.165) is 38.4 Å². The van der Waals surface area contributed by atoms with Crippen molar-refractivity contribution in [1.29, 1.82) is 0 Å². The van der Waals surface area contributed by atoms with Crippen molar-refractivity contribution in [1.82, 2.24) is 14.6 Å². The smallest absolute Gasteiger partial charge is 0.187 e. The van der Waals surface area contributed by atoms with Crippen molar-refractivity contribution in [3.05, 3.63) is 84.5 Å². The number of rotatable bonds is 1. The second-order valence-electron chi connectivity index (χ2n) is 5.85. The Morgan fingerprint density at radius 3 is 2.81 bits per heavy atom. The van der Waals surface area contributed by atoms with Gasteiger partial charge in [0.2, 0.25) is 0 Å². The monoisotopic (exact) mass is 512 g/mol. The molecule has 5 aromatic rings. The Labute approximate surface area is 163 Å². The molecule has 3 aromatic carbocycles. The Kier molecular flexibility index (Phi) is 4.00. The minimum absolute atomic E-state index is 0. The summed E-state index contributed by atoms with van der Waals surface area (Å²) in [6.07, 6.45) is 1.73. The summed E-state index contributed by atoms with van der Waals surface area (Å²) in [6, 6.07) is 23.2. The zero-order valence-corrected chi connectivity index (χ0v) is 15.9. The number of aromatic nitrogens is 3. The van der Waals surface area contributed by atoms with Gasteiger partial charge in [-0.25, -0.2) is 4.85 Å². The van der Waals surface area contributed by atoms with Gasteiger partial charge in [-0.3, -0.25) is 0 Å². The van der Waals surface area contributed by atoms with Gasteiger partial charge in [-0.1, -0.05) is 58.8 Å². The number of hydrogen-bond acceptors (Lipinski definition) is 2. The molecule has 4 nitrogen and oxygen atoms in total. The van der Waals surface area contributed by atoms with E-state index in [9.17, 15) is 0 Å². The molecule has 0 unspecified atom stereocenters. The molecule has 0 aliphatic heterocycles. The second-order valence-corrected chi connectivity index (χ2v) is 5.85. The third kappa shape index (κ3) is 2.32. The standard InChI is InChI=1S/C21H11N4.Ir/c1-22-15-7-4-6-14(12-15)16-9-5-10-18-20(16)17-8-2-3-11-19(17)25-13-23-24-21(18)25;/h2-9,11-13H;/q-1;. The molecular weight excluding hydrogens is 500 g/mol. The molecule has 2 aromatic heterocycles. The summed E-state index contributed by atoms with van der Waals surface area (Å²) in [4.78, 5) is 3.56. The van der Waals surface area contributed by atoms with Crippen LogP contribution in [0.1, 0.15) is 0 Å². The van der Waals surface area contributed by atoms with Crippen molar-refractivity contribution in [2.24, 2.45) is 0 Å². The molecule has 0 aliphatic rings. The quantitative estimate of drug-likeness (QED) is 0.233. The van der Waals surface area contributed by atoms with Gasteiger partial charge in [0.25, 0.3) is 0 Å². The van der Waals surface area contributed by atoms with Gasteiger partial charge in [0.05, 0.1) is 12.2 Å². The van der Waals surface area contributed by atoms with E-state index in [-0.39, 0.29) is 20.1 Å². The van der Waals surface area contributed by atoms with E-state index in [1.807, 2.05) is 52.9 Å². The number of para-hydroxylation sites is 1. The third-order valence-corrected chi connectivity index (χ3v) is 4.49. The molecule has 1 radical (unpaired) electrons. The fourth-order valence-corrected chi connectivity index (χ4v) is 3.42. The fourth-order valence-electron chi connectivity index (χ4n) is 3.42. The largest absolute Gasteiger partial charge is 0.323 e. The van der Waals surface area contributed by atoms with E-state index in [1.54, 1.807) is 6.33 Å². The Hall–Kier alpha value is -3.06. The molecule has 0 N–H and O–H groups in total. The van der Waals surface area contributed by atoms with Crippen LogP contribution < -0.4 is 0 Å². The van der Waals surface area contributed by atoms with Crippen LogP contribution in [0.3, 0.4) is 0 Å². The predicted octanol–water partition coefficient (Wildman–Crippen LogP) is 5.05. The Morgan fingerprint density at radius 1 is 1.04 bits per heavy atom. The van der Waals surface area contributed by atoms with Crippen LogP contribution in [0.15, 0.2) is 67.0 Å². The number of nitrogens with zero attached hydrogens (tertiary/aromatic N) is 4. The van der Waals surface area contributed by atoms with Crippen LogP contribution in [0, 0.1) is 12.6 Å². The summed E-state index contributed by atoms with van der Waals surface area (Å²) in [5.74, 6) is 0. The Balaban J connectivity index is 0.00000168. The van der Waals surface area contributed by atoms with Crippen LogP contribution in [0.25, 0.3) is 43.3 Å². The van der Waals surface area contributed by atoms with Crippen molar-refractivity contribution < 1.29 is 20.1 Å². The van der Waals surface area contributed by atoms with Crippen molar-refractivity contribution in [3.63, 3.8) is 0 Å². The molecule has 5 rings (SSSR count). The van der Waals surface area contributed by atoms with Crippen molar-refractivity contribution in [2.45, 2.75) is 0 Å². The first-order valence-electron chi connectivity index (χ1n) is 7.89. The van der Waals surface area contributed by atoms with Gasteiger partial charge in [-0.15, -0.1) is 23.3 Å². The van der Waals surface area contributed by atoms with Gasteiger partial charge in [0, 0.05) is 25.6 Å². The summed E-state index contributed by atoms with van der Waals surface area (Å²) in [5, 5.41) is 11.5. The zero-order chi connectivity index (χ0) is 16.8. The van der Waals surface area contributed by atoms with Crippen LogP contribution in [-0.2, 0) is 20.1 Å². The molecule has 0 fully saturated rings. The fraction of sp³-hybridized carbons (Fsp3) is 0. The third-order valence-electron chi connectivity index (χ3n) is 4.49. The summed E-state index contributed by atoms with van der Waals surface area (Å²) < 4.78 is 1.99. The SMILES string of the molecule is [C-]#[N+]c1cccc(-c2cc[c-]c3c2c2ccccc2n2cnnc32)c1.[Ir]. The predicted molar refractivity (Wildman–Crippen MR) is 98.5 cm³/mol. The first-order valence-corrected chi connectivity index (χ1v) is 7.89. The average Bonchev–Trinajstić information content (AvgIpc) is 3.18. The van der Waals surface area contributed by atoms with Crippen molar-refractivity contribution >= 4 is 33.0 Å². The van der Waals surface area contributed by atoms with Crippen molar-refractivity contribution in [3.8, 4) is 11.1 Å². The molecule has 0 spiro atoms. The van der Waals surface area contributed by atoms with Gasteiger partial charge in [0.1, 0.15) is 6.33 Å². The van der Waals surface area contributed by atoms with Crippen LogP contribution in [0.5, 0.6) is 0 Å². The molecule has 0 amide bonds. The number of benzene rings is 3. The number of hydrogen-bond donors (Lipinski definition) is 0. The topological polar surface area (TPSA) is 34.5 Å². The molecule has 26 heavy (non-hydrogen) atoms. The Morgan fingerprint density at radius 2 is 1.92 bits per heavy atom. The first-order chi connectivity index (χ1) is 12.4. The van der Waals surface area contributed by atoms with Gasteiger partial charge in [-0.05, 0) is 17.0 Å². The number of fused-ring (bicyclic) bond motifs is 6. The second kappa shape index (κ2) is 6.34. The molecule has 0 atom stereocenters. The van der Waals surface area contributed by atoms with Crippen LogP contribution in [0.2, 0.25) is 0 Å². The maximum atomic E-state index is 7.28. The molecule has 0 saturated carbocycles. The van der Waals surface area contributed by atoms with E-state index in [1.165, 1.54) is 0 Å². The van der Waals surface area contributed by atoms with Gasteiger partial charge in [0.15, 0.2) is 5.69 Å². The van der Waals surface area contributed by atoms with Gasteiger partial charge in [-0.2, -0.15) is 5.10 Å².